The minimum atomic E-state index is -2.86. The van der Waals surface area contributed by atoms with Crippen molar-refractivity contribution in [1.29, 1.82) is 0 Å². The van der Waals surface area contributed by atoms with Crippen molar-refractivity contribution in [2.24, 2.45) is 5.92 Å². The lowest BCUT2D eigenvalue weighted by Crippen LogP contribution is -2.67. The summed E-state index contributed by atoms with van der Waals surface area (Å²) < 4.78 is 15.3. The second kappa shape index (κ2) is 14.2. The van der Waals surface area contributed by atoms with Crippen LogP contribution in [0.15, 0.2) is 94.6 Å². The van der Waals surface area contributed by atoms with Gasteiger partial charge in [-0.2, -0.15) is 0 Å². The number of hydrogen-bond acceptors (Lipinski definition) is 5. The molecule has 1 aromatic heterocycles. The van der Waals surface area contributed by atoms with E-state index < -0.39 is 25.8 Å². The quantitative estimate of drug-likeness (QED) is 0.154. The average molecular weight is 698 g/mol. The van der Waals surface area contributed by atoms with Gasteiger partial charge in [-0.25, -0.2) is 4.79 Å². The summed E-state index contributed by atoms with van der Waals surface area (Å²) in [4.78, 5) is 27.4. The molecule has 0 amide bonds. The third-order valence-electron chi connectivity index (χ3n) is 8.40. The summed E-state index contributed by atoms with van der Waals surface area (Å²) in [7, 11) is -2.86. The molecular weight excluding hydrogens is 659 g/mol. The Hall–Kier alpha value is -3.25. The van der Waals surface area contributed by atoms with E-state index in [1.165, 1.54) is 4.57 Å². The molecule has 4 aromatic rings. The fourth-order valence-electron chi connectivity index (χ4n) is 6.09. The topological polar surface area (TPSA) is 97.4 Å². The van der Waals surface area contributed by atoms with E-state index in [2.05, 4.69) is 84.9 Å². The number of ether oxygens (including phenoxy) is 1. The van der Waals surface area contributed by atoms with Crippen LogP contribution in [0.2, 0.25) is 15.1 Å². The van der Waals surface area contributed by atoms with Gasteiger partial charge in [0.05, 0.1) is 22.8 Å². The van der Waals surface area contributed by atoms with Crippen molar-refractivity contribution in [2.45, 2.75) is 51.5 Å². The fraction of sp³-hybridized carbons (Fsp3) is 0.324. The molecule has 3 atom stereocenters. The molecule has 0 saturated carbocycles. The van der Waals surface area contributed by atoms with Crippen molar-refractivity contribution in [3.8, 4) is 0 Å². The molecule has 1 saturated heterocycles. The van der Waals surface area contributed by atoms with Gasteiger partial charge in [0.2, 0.25) is 0 Å². The Morgan fingerprint density at radius 3 is 2.24 bits per heavy atom. The van der Waals surface area contributed by atoms with Crippen LogP contribution in [0.5, 0.6) is 0 Å². The van der Waals surface area contributed by atoms with Crippen LogP contribution < -0.4 is 32.3 Å². The van der Waals surface area contributed by atoms with Crippen LogP contribution in [-0.4, -0.2) is 42.2 Å². The van der Waals surface area contributed by atoms with Crippen molar-refractivity contribution in [1.82, 2.24) is 14.9 Å². The van der Waals surface area contributed by atoms with Gasteiger partial charge in [0.15, 0.2) is 5.11 Å². The van der Waals surface area contributed by atoms with Gasteiger partial charge in [0.1, 0.15) is 6.23 Å². The van der Waals surface area contributed by atoms with Crippen LogP contribution in [0, 0.1) is 12.8 Å². The van der Waals surface area contributed by atoms with E-state index in [0.717, 1.165) is 10.4 Å². The predicted molar refractivity (Wildman–Crippen MR) is 192 cm³/mol. The van der Waals surface area contributed by atoms with Gasteiger partial charge in [-0.1, -0.05) is 105 Å². The molecule has 1 aliphatic rings. The zero-order valence-corrected chi connectivity index (χ0v) is 29.5. The number of aromatic nitrogens is 2. The van der Waals surface area contributed by atoms with Crippen molar-refractivity contribution in [3.63, 3.8) is 0 Å². The van der Waals surface area contributed by atoms with Crippen LogP contribution >= 0.6 is 35.4 Å². The molecule has 1 aliphatic heterocycles. The summed E-state index contributed by atoms with van der Waals surface area (Å²) in [5.74, 6) is -0.0871. The van der Waals surface area contributed by atoms with E-state index in [0.29, 0.717) is 46.0 Å². The highest BCUT2D eigenvalue weighted by Gasteiger charge is 2.51. The largest absolute Gasteiger partial charge is 0.405 e. The molecule has 5 rings (SSSR count). The van der Waals surface area contributed by atoms with E-state index in [-0.39, 0.29) is 17.1 Å². The van der Waals surface area contributed by atoms with Gasteiger partial charge in [-0.05, 0) is 59.2 Å². The maximum atomic E-state index is 12.9. The molecule has 1 fully saturated rings. The van der Waals surface area contributed by atoms with Gasteiger partial charge in [0.25, 0.3) is 13.9 Å². The Morgan fingerprint density at radius 2 is 1.65 bits per heavy atom. The molecule has 0 spiro atoms. The first-order chi connectivity index (χ1) is 21.9. The summed E-state index contributed by atoms with van der Waals surface area (Å²) in [6.07, 6.45) is 1.08. The van der Waals surface area contributed by atoms with Crippen LogP contribution in [0.1, 0.15) is 39.0 Å². The second-order valence-electron chi connectivity index (χ2n) is 12.5. The van der Waals surface area contributed by atoms with Crippen molar-refractivity contribution in [3.05, 3.63) is 122 Å². The van der Waals surface area contributed by atoms with E-state index in [1.54, 1.807) is 31.3 Å². The number of aromatic amines is 1. The summed E-state index contributed by atoms with van der Waals surface area (Å²) in [6.45, 7) is 9.10. The number of aryl methyl sites for hydroxylation is 1. The lowest BCUT2D eigenvalue weighted by Gasteiger charge is -2.43. The molecule has 0 radical (unpaired) electrons. The molecular formula is C34H38Cl2N4O4SSi. The zero-order chi connectivity index (χ0) is 33.1. The first-order valence-electron chi connectivity index (χ1n) is 15.1. The Morgan fingerprint density at radius 1 is 1.02 bits per heavy atom. The zero-order valence-electron chi connectivity index (χ0n) is 26.2. The van der Waals surface area contributed by atoms with Crippen molar-refractivity contribution < 1.29 is 9.16 Å². The number of H-pyrrole nitrogens is 1. The minimum absolute atomic E-state index is 0.0871. The number of anilines is 1. The first kappa shape index (κ1) is 34.1. The summed E-state index contributed by atoms with van der Waals surface area (Å²) in [6, 6.07) is 26.0. The highest BCUT2D eigenvalue weighted by molar-refractivity contribution is 7.80. The van der Waals surface area contributed by atoms with Crippen LogP contribution in [0.25, 0.3) is 0 Å². The minimum Gasteiger partial charge on any atom is -0.405 e. The van der Waals surface area contributed by atoms with E-state index in [4.69, 9.17) is 44.6 Å². The lowest BCUT2D eigenvalue weighted by molar-refractivity contribution is -0.0290. The Kier molecular flexibility index (Phi) is 10.6. The molecule has 2 heterocycles. The summed E-state index contributed by atoms with van der Waals surface area (Å²) in [5.41, 5.74) is 0.201. The Balaban J connectivity index is 1.44. The van der Waals surface area contributed by atoms with E-state index in [1.807, 2.05) is 12.1 Å². The maximum Gasteiger partial charge on any atom is 0.330 e. The SMILES string of the molecule is Cc1cn([C@H]2C[C@H](CNC(=S)Nc3ccc(Cl)c(Cl)c3)[C@@H](CO[Si](c3ccccc3)(c3ccccc3)C(C)(C)C)O2)c(=O)[nH]c1=O. The predicted octanol–water partition coefficient (Wildman–Crippen LogP) is 5.62. The molecule has 46 heavy (non-hydrogen) atoms. The van der Waals surface area contributed by atoms with Crippen LogP contribution in [-0.2, 0) is 9.16 Å². The maximum absolute atomic E-state index is 12.9. The second-order valence-corrected chi connectivity index (χ2v) is 18.1. The highest BCUT2D eigenvalue weighted by Crippen LogP contribution is 2.39. The molecule has 12 heteroatoms. The number of nitrogens with one attached hydrogen (secondary N) is 3. The smallest absolute Gasteiger partial charge is 0.330 e. The fourth-order valence-corrected chi connectivity index (χ4v) is 11.2. The molecule has 0 bridgehead atoms. The number of hydrogen-bond donors (Lipinski definition) is 3. The summed E-state index contributed by atoms with van der Waals surface area (Å²) >= 11 is 17.9. The number of rotatable bonds is 9. The standard InChI is InChI=1S/C34H38Cl2N4O4SSi/c1-22-20-40(33(42)39-31(22)41)30-17-23(19-37-32(45)38-24-15-16-27(35)28(36)18-24)29(44-30)21-43-46(34(2,3)4,25-11-7-5-8-12-25)26-13-9-6-10-14-26/h5-16,18,20,23,29-30H,17,19,21H2,1-4H3,(H2,37,38,45)(H,39,41,42)/t23-,29-,30-/m1/s1. The van der Waals surface area contributed by atoms with Crippen molar-refractivity contribution >= 4 is 64.9 Å². The third-order valence-corrected chi connectivity index (χ3v) is 14.4. The van der Waals surface area contributed by atoms with Gasteiger partial charge in [0, 0.05) is 29.9 Å². The molecule has 8 nitrogen and oxygen atoms in total. The highest BCUT2D eigenvalue weighted by atomic mass is 35.5. The molecule has 0 aliphatic carbocycles. The van der Waals surface area contributed by atoms with Crippen molar-refractivity contribution in [2.75, 3.05) is 18.5 Å². The molecule has 3 aromatic carbocycles. The normalized spacial score (nSPS) is 18.3. The lowest BCUT2D eigenvalue weighted by atomic mass is 10.0. The van der Waals surface area contributed by atoms with Gasteiger partial charge < -0.3 is 19.8 Å². The van der Waals surface area contributed by atoms with Gasteiger partial charge in [-0.3, -0.25) is 14.3 Å². The summed E-state index contributed by atoms with van der Waals surface area (Å²) in [5, 5.41) is 9.85. The first-order valence-corrected chi connectivity index (χ1v) is 18.2. The third kappa shape index (κ3) is 7.32. The van der Waals surface area contributed by atoms with E-state index in [9.17, 15) is 9.59 Å². The Labute approximate surface area is 285 Å². The average Bonchev–Trinajstić information content (AvgIpc) is 3.43. The number of benzene rings is 3. The number of nitrogens with zero attached hydrogens (tertiary/aromatic N) is 1. The molecule has 3 N–H and O–H groups in total. The van der Waals surface area contributed by atoms with Crippen LogP contribution in [0.3, 0.4) is 0 Å². The number of halogens is 2. The monoisotopic (exact) mass is 696 g/mol. The van der Waals surface area contributed by atoms with Gasteiger partial charge in [-0.15, -0.1) is 0 Å². The molecule has 242 valence electrons. The van der Waals surface area contributed by atoms with Crippen LogP contribution in [0.4, 0.5) is 5.69 Å². The van der Waals surface area contributed by atoms with Gasteiger partial charge >= 0.3 is 5.69 Å². The van der Waals surface area contributed by atoms with E-state index >= 15 is 0 Å². The Bertz CT molecular complexity index is 1760. The molecule has 0 unspecified atom stereocenters. The number of thiocarbonyl (C=S) groups is 1.